The lowest BCUT2D eigenvalue weighted by Gasteiger charge is -1.98. The summed E-state index contributed by atoms with van der Waals surface area (Å²) in [5, 5.41) is 8.44. The lowest BCUT2D eigenvalue weighted by atomic mass is 10.2. The van der Waals surface area contributed by atoms with Gasteiger partial charge in [0.2, 0.25) is 0 Å². The molecule has 0 saturated carbocycles. The smallest absolute Gasteiger partial charge is 0.330 e. The van der Waals surface area contributed by atoms with E-state index in [9.17, 15) is 4.79 Å². The van der Waals surface area contributed by atoms with E-state index >= 15 is 0 Å². The molecule has 0 aliphatic rings. The van der Waals surface area contributed by atoms with Crippen LogP contribution in [0.5, 0.6) is 0 Å². The minimum Gasteiger partial charge on any atom is -0.462 e. The molecular formula is C11H20O3. The summed E-state index contributed by atoms with van der Waals surface area (Å²) in [5.41, 5.74) is 0. The molecule has 0 radical (unpaired) electrons. The molecule has 0 rings (SSSR count). The van der Waals surface area contributed by atoms with Crippen LogP contribution in [0.3, 0.4) is 0 Å². The Balaban J connectivity index is 3.32. The summed E-state index contributed by atoms with van der Waals surface area (Å²) in [5.74, 6) is -0.310. The minimum atomic E-state index is -0.310. The Morgan fingerprint density at radius 1 is 1.36 bits per heavy atom. The maximum absolute atomic E-state index is 11.0. The third kappa shape index (κ3) is 9.26. The van der Waals surface area contributed by atoms with Crippen LogP contribution in [0, 0.1) is 0 Å². The van der Waals surface area contributed by atoms with Crippen LogP contribution in [0.4, 0.5) is 0 Å². The second-order valence-electron chi connectivity index (χ2n) is 3.14. The number of esters is 1. The average Bonchev–Trinajstić information content (AvgIpc) is 2.18. The first-order valence-corrected chi connectivity index (χ1v) is 5.25. The van der Waals surface area contributed by atoms with E-state index in [-0.39, 0.29) is 12.6 Å². The van der Waals surface area contributed by atoms with E-state index in [4.69, 9.17) is 9.84 Å². The van der Waals surface area contributed by atoms with Crippen molar-refractivity contribution in [2.75, 3.05) is 13.2 Å². The highest BCUT2D eigenvalue weighted by molar-refractivity contribution is 5.81. The number of hydrogen-bond acceptors (Lipinski definition) is 3. The number of aliphatic hydroxyl groups is 1. The minimum absolute atomic E-state index is 0.0630. The first-order valence-electron chi connectivity index (χ1n) is 5.25. The van der Waals surface area contributed by atoms with Gasteiger partial charge in [-0.1, -0.05) is 25.8 Å². The van der Waals surface area contributed by atoms with Gasteiger partial charge in [-0.25, -0.2) is 4.79 Å². The second-order valence-corrected chi connectivity index (χ2v) is 3.14. The molecule has 3 nitrogen and oxygen atoms in total. The Bertz CT molecular complexity index is 164. The van der Waals surface area contributed by atoms with Crippen molar-refractivity contribution in [1.29, 1.82) is 0 Å². The molecule has 14 heavy (non-hydrogen) atoms. The van der Waals surface area contributed by atoms with E-state index in [0.29, 0.717) is 13.0 Å². The largest absolute Gasteiger partial charge is 0.462 e. The Labute approximate surface area is 85.8 Å². The van der Waals surface area contributed by atoms with Gasteiger partial charge in [-0.3, -0.25) is 0 Å². The lowest BCUT2D eigenvalue weighted by Crippen LogP contribution is -2.03. The third-order valence-corrected chi connectivity index (χ3v) is 1.78. The predicted molar refractivity (Wildman–Crippen MR) is 55.9 cm³/mol. The number of unbranched alkanes of at least 4 members (excludes halogenated alkanes) is 3. The summed E-state index contributed by atoms with van der Waals surface area (Å²) in [6, 6.07) is 0. The van der Waals surface area contributed by atoms with Gasteiger partial charge in [-0.15, -0.1) is 0 Å². The van der Waals surface area contributed by atoms with E-state index in [0.717, 1.165) is 12.8 Å². The van der Waals surface area contributed by atoms with E-state index < -0.39 is 0 Å². The Hall–Kier alpha value is -0.830. The zero-order chi connectivity index (χ0) is 10.6. The molecule has 82 valence electrons. The van der Waals surface area contributed by atoms with Crippen LogP contribution in [0.2, 0.25) is 0 Å². The van der Waals surface area contributed by atoms with Crippen molar-refractivity contribution >= 4 is 5.97 Å². The number of aliphatic hydroxyl groups excluding tert-OH is 1. The first-order chi connectivity index (χ1) is 6.81. The maximum atomic E-state index is 11.0. The molecule has 0 amide bonds. The molecule has 0 spiro atoms. The van der Waals surface area contributed by atoms with Gasteiger partial charge < -0.3 is 9.84 Å². The third-order valence-electron chi connectivity index (χ3n) is 1.78. The molecule has 0 fully saturated rings. The fraction of sp³-hybridized carbons (Fsp3) is 0.727. The van der Waals surface area contributed by atoms with Gasteiger partial charge in [0, 0.05) is 19.1 Å². The Kier molecular flexibility index (Phi) is 9.64. The SMILES string of the molecule is CCCCCC=CC(=O)OCCCO. The zero-order valence-corrected chi connectivity index (χ0v) is 8.87. The van der Waals surface area contributed by atoms with Gasteiger partial charge in [-0.05, 0) is 12.8 Å². The molecule has 1 N–H and O–H groups in total. The average molecular weight is 200 g/mol. The molecule has 0 aliphatic heterocycles. The van der Waals surface area contributed by atoms with Crippen LogP contribution in [0.15, 0.2) is 12.2 Å². The van der Waals surface area contributed by atoms with Gasteiger partial charge in [0.05, 0.1) is 6.61 Å². The zero-order valence-electron chi connectivity index (χ0n) is 8.87. The Morgan fingerprint density at radius 2 is 2.14 bits per heavy atom. The highest BCUT2D eigenvalue weighted by atomic mass is 16.5. The number of carbonyl (C=O) groups excluding carboxylic acids is 1. The summed E-state index contributed by atoms with van der Waals surface area (Å²) in [6.45, 7) is 2.51. The number of allylic oxidation sites excluding steroid dienone is 1. The Morgan fingerprint density at radius 3 is 2.79 bits per heavy atom. The van der Waals surface area contributed by atoms with E-state index in [1.807, 2.05) is 6.08 Å². The molecule has 0 atom stereocenters. The van der Waals surface area contributed by atoms with Gasteiger partial charge in [0.1, 0.15) is 0 Å². The van der Waals surface area contributed by atoms with Crippen LogP contribution in [-0.2, 0) is 9.53 Å². The van der Waals surface area contributed by atoms with Crippen molar-refractivity contribution in [2.45, 2.75) is 39.0 Å². The summed E-state index contributed by atoms with van der Waals surface area (Å²) >= 11 is 0. The highest BCUT2D eigenvalue weighted by Gasteiger charge is 1.94. The quantitative estimate of drug-likeness (QED) is 0.370. The normalized spacial score (nSPS) is 10.7. The van der Waals surface area contributed by atoms with Crippen molar-refractivity contribution in [3.8, 4) is 0 Å². The van der Waals surface area contributed by atoms with E-state index in [1.165, 1.54) is 18.9 Å². The topological polar surface area (TPSA) is 46.5 Å². The number of ether oxygens (including phenoxy) is 1. The fourth-order valence-corrected chi connectivity index (χ4v) is 0.977. The number of carbonyl (C=O) groups is 1. The lowest BCUT2D eigenvalue weighted by molar-refractivity contribution is -0.138. The molecule has 3 heteroatoms. The van der Waals surface area contributed by atoms with Crippen molar-refractivity contribution < 1.29 is 14.6 Å². The second kappa shape index (κ2) is 10.3. The summed E-state index contributed by atoms with van der Waals surface area (Å²) < 4.78 is 4.80. The maximum Gasteiger partial charge on any atom is 0.330 e. The molecule has 0 bridgehead atoms. The highest BCUT2D eigenvalue weighted by Crippen LogP contribution is 1.99. The van der Waals surface area contributed by atoms with E-state index in [2.05, 4.69) is 6.92 Å². The molecule has 0 unspecified atom stereocenters. The monoisotopic (exact) mass is 200 g/mol. The summed E-state index contributed by atoms with van der Waals surface area (Å²) in [7, 11) is 0. The standard InChI is InChI=1S/C11H20O3/c1-2-3-4-5-6-8-11(13)14-10-7-9-12/h6,8,12H,2-5,7,9-10H2,1H3. The van der Waals surface area contributed by atoms with Crippen molar-refractivity contribution in [2.24, 2.45) is 0 Å². The molecule has 0 aromatic heterocycles. The molecule has 0 saturated heterocycles. The number of hydrogen-bond donors (Lipinski definition) is 1. The fourth-order valence-electron chi connectivity index (χ4n) is 0.977. The predicted octanol–water partition coefficient (Wildman–Crippen LogP) is 2.05. The molecule has 0 aliphatic carbocycles. The first kappa shape index (κ1) is 13.2. The summed E-state index contributed by atoms with van der Waals surface area (Å²) in [4.78, 5) is 11.0. The van der Waals surface area contributed by atoms with Crippen LogP contribution in [0.25, 0.3) is 0 Å². The summed E-state index contributed by atoms with van der Waals surface area (Å²) in [6.07, 6.45) is 8.26. The van der Waals surface area contributed by atoms with Crippen LogP contribution in [-0.4, -0.2) is 24.3 Å². The van der Waals surface area contributed by atoms with Gasteiger partial charge >= 0.3 is 5.97 Å². The van der Waals surface area contributed by atoms with Gasteiger partial charge in [-0.2, -0.15) is 0 Å². The van der Waals surface area contributed by atoms with Gasteiger partial charge in [0.15, 0.2) is 0 Å². The number of rotatable bonds is 8. The molecule has 0 heterocycles. The molecular weight excluding hydrogens is 180 g/mol. The van der Waals surface area contributed by atoms with E-state index in [1.54, 1.807) is 0 Å². The van der Waals surface area contributed by atoms with Crippen molar-refractivity contribution in [1.82, 2.24) is 0 Å². The van der Waals surface area contributed by atoms with Crippen LogP contribution >= 0.6 is 0 Å². The van der Waals surface area contributed by atoms with Crippen molar-refractivity contribution in [3.63, 3.8) is 0 Å². The van der Waals surface area contributed by atoms with Gasteiger partial charge in [0.25, 0.3) is 0 Å². The van der Waals surface area contributed by atoms with Crippen molar-refractivity contribution in [3.05, 3.63) is 12.2 Å². The van der Waals surface area contributed by atoms with Crippen LogP contribution < -0.4 is 0 Å². The molecule has 0 aromatic carbocycles. The van der Waals surface area contributed by atoms with Crippen LogP contribution in [0.1, 0.15) is 39.0 Å². The molecule has 0 aromatic rings.